The molecule has 0 saturated heterocycles. The highest BCUT2D eigenvalue weighted by molar-refractivity contribution is 7.95. The Hall–Kier alpha value is -2.28. The molecule has 0 aliphatic heterocycles. The van der Waals surface area contributed by atoms with Gasteiger partial charge in [-0.15, -0.1) is 22.7 Å². The number of aromatic nitrogens is 1. The quantitative estimate of drug-likeness (QED) is 0.523. The monoisotopic (exact) mass is 472 g/mol. The van der Waals surface area contributed by atoms with Crippen LogP contribution in [0.3, 0.4) is 0 Å². The third kappa shape index (κ3) is 4.83. The molecule has 0 amide bonds. The second-order valence-corrected chi connectivity index (χ2v) is 11.5. The van der Waals surface area contributed by atoms with Crippen LogP contribution in [0, 0.1) is 0 Å². The molecule has 154 valence electrons. The maximum atomic E-state index is 12.6. The molecule has 0 spiro atoms. The number of carbonyl (C=O) groups is 1. The van der Waals surface area contributed by atoms with Gasteiger partial charge in [0.15, 0.2) is 5.13 Å². The number of ether oxygens (including phenoxy) is 1. The average Bonchev–Trinajstić information content (AvgIpc) is 3.32. The standard InChI is InChI=1S/C17H16N2O6S4/c1-11(25-12(2)20)15-10-27-17(18-15)19-29(23,24)16-8-14(9-26-16)28(21,22)13-6-4-3-5-7-13/h3-11H,1-2H3,(H,18,19). The van der Waals surface area contributed by atoms with Crippen molar-refractivity contribution >= 4 is 53.6 Å². The average molecular weight is 473 g/mol. The minimum Gasteiger partial charge on any atom is -0.456 e. The summed E-state index contributed by atoms with van der Waals surface area (Å²) in [5.74, 6) is -0.474. The lowest BCUT2D eigenvalue weighted by Crippen LogP contribution is -2.12. The lowest BCUT2D eigenvalue weighted by atomic mass is 10.3. The summed E-state index contributed by atoms with van der Waals surface area (Å²) in [6.07, 6.45) is -0.619. The van der Waals surface area contributed by atoms with Crippen LogP contribution >= 0.6 is 22.7 Å². The molecule has 0 bridgehead atoms. The first kappa shape index (κ1) is 21.4. The van der Waals surface area contributed by atoms with Gasteiger partial charge in [-0.2, -0.15) is 0 Å². The van der Waals surface area contributed by atoms with Crippen LogP contribution in [0.5, 0.6) is 0 Å². The molecule has 1 atom stereocenters. The summed E-state index contributed by atoms with van der Waals surface area (Å²) in [5.41, 5.74) is 0.404. The second-order valence-electron chi connectivity index (χ2n) is 5.85. The highest BCUT2D eigenvalue weighted by Crippen LogP contribution is 2.30. The van der Waals surface area contributed by atoms with E-state index in [4.69, 9.17) is 4.74 Å². The van der Waals surface area contributed by atoms with E-state index >= 15 is 0 Å². The van der Waals surface area contributed by atoms with Crippen LogP contribution in [0.1, 0.15) is 25.6 Å². The van der Waals surface area contributed by atoms with Gasteiger partial charge < -0.3 is 4.74 Å². The van der Waals surface area contributed by atoms with Crippen molar-refractivity contribution in [3.8, 4) is 0 Å². The molecule has 1 unspecified atom stereocenters. The number of thiophene rings is 1. The Morgan fingerprint density at radius 3 is 2.41 bits per heavy atom. The van der Waals surface area contributed by atoms with E-state index in [2.05, 4.69) is 9.71 Å². The Bertz CT molecular complexity index is 1230. The van der Waals surface area contributed by atoms with E-state index in [1.807, 2.05) is 0 Å². The lowest BCUT2D eigenvalue weighted by Gasteiger charge is -2.08. The fourth-order valence-electron chi connectivity index (χ4n) is 2.31. The van der Waals surface area contributed by atoms with Gasteiger partial charge in [0.2, 0.25) is 9.84 Å². The number of nitrogens with zero attached hydrogens (tertiary/aromatic N) is 1. The zero-order valence-electron chi connectivity index (χ0n) is 15.2. The van der Waals surface area contributed by atoms with Gasteiger partial charge in [-0.25, -0.2) is 21.8 Å². The molecule has 0 saturated carbocycles. The van der Waals surface area contributed by atoms with Crippen LogP contribution in [0.4, 0.5) is 5.13 Å². The van der Waals surface area contributed by atoms with E-state index in [-0.39, 0.29) is 19.1 Å². The van der Waals surface area contributed by atoms with Gasteiger partial charge in [0, 0.05) is 17.7 Å². The summed E-state index contributed by atoms with van der Waals surface area (Å²) >= 11 is 1.83. The first-order valence-electron chi connectivity index (χ1n) is 8.14. The number of esters is 1. The van der Waals surface area contributed by atoms with Crippen LogP contribution in [-0.4, -0.2) is 27.8 Å². The summed E-state index contributed by atoms with van der Waals surface area (Å²) < 4.78 is 57.7. The number of rotatable bonds is 7. The zero-order valence-corrected chi connectivity index (χ0v) is 18.5. The van der Waals surface area contributed by atoms with Gasteiger partial charge in [-0.3, -0.25) is 9.52 Å². The van der Waals surface area contributed by atoms with Crippen molar-refractivity contribution in [1.82, 2.24) is 4.98 Å². The van der Waals surface area contributed by atoms with Gasteiger partial charge in [-0.1, -0.05) is 18.2 Å². The SMILES string of the molecule is CC(=O)OC(C)c1csc(NS(=O)(=O)c2cc(S(=O)(=O)c3ccccc3)cs2)n1. The third-order valence-corrected chi connectivity index (χ3v) is 9.26. The van der Waals surface area contributed by atoms with Crippen LogP contribution < -0.4 is 4.72 Å². The number of benzene rings is 1. The van der Waals surface area contributed by atoms with E-state index in [0.29, 0.717) is 5.69 Å². The molecule has 1 aromatic carbocycles. The molecule has 0 aliphatic rings. The number of nitrogens with one attached hydrogen (secondary N) is 1. The molecule has 0 aliphatic carbocycles. The molecule has 0 fully saturated rings. The first-order chi connectivity index (χ1) is 13.6. The zero-order chi connectivity index (χ0) is 21.2. The van der Waals surface area contributed by atoms with E-state index in [0.717, 1.165) is 28.7 Å². The predicted octanol–water partition coefficient (Wildman–Crippen LogP) is 3.46. The first-order valence-corrected chi connectivity index (χ1v) is 12.9. The number of thiazole rings is 1. The predicted molar refractivity (Wildman–Crippen MR) is 109 cm³/mol. The van der Waals surface area contributed by atoms with Crippen molar-refractivity contribution < 1.29 is 26.4 Å². The van der Waals surface area contributed by atoms with Crippen LogP contribution in [0.15, 0.2) is 61.2 Å². The van der Waals surface area contributed by atoms with Crippen molar-refractivity contribution in [1.29, 1.82) is 0 Å². The highest BCUT2D eigenvalue weighted by Gasteiger charge is 2.25. The molecule has 12 heteroatoms. The van der Waals surface area contributed by atoms with Gasteiger partial charge in [0.25, 0.3) is 10.0 Å². The van der Waals surface area contributed by atoms with Gasteiger partial charge in [0.05, 0.1) is 15.5 Å². The largest absolute Gasteiger partial charge is 0.456 e. The molecule has 8 nitrogen and oxygen atoms in total. The summed E-state index contributed by atoms with van der Waals surface area (Å²) in [4.78, 5) is 15.1. The fourth-order valence-corrected chi connectivity index (χ4v) is 7.26. The molecule has 3 rings (SSSR count). The molecule has 2 heterocycles. The molecular weight excluding hydrogens is 456 g/mol. The topological polar surface area (TPSA) is 119 Å². The number of sulfone groups is 1. The van der Waals surface area contributed by atoms with Gasteiger partial charge >= 0.3 is 5.97 Å². The number of carbonyl (C=O) groups excluding carboxylic acids is 1. The van der Waals surface area contributed by atoms with Crippen LogP contribution in [0.25, 0.3) is 0 Å². The summed E-state index contributed by atoms with van der Waals surface area (Å²) in [7, 11) is -7.84. The van der Waals surface area contributed by atoms with E-state index in [1.165, 1.54) is 24.4 Å². The Labute approximate surface area is 176 Å². The van der Waals surface area contributed by atoms with Crippen LogP contribution in [-0.2, 0) is 29.4 Å². The summed E-state index contributed by atoms with van der Waals surface area (Å²) in [6, 6.07) is 8.88. The summed E-state index contributed by atoms with van der Waals surface area (Å²) in [6.45, 7) is 2.89. The van der Waals surface area contributed by atoms with E-state index < -0.39 is 31.9 Å². The molecular formula is C17H16N2O6S4. The molecule has 0 radical (unpaired) electrons. The molecule has 2 aromatic heterocycles. The molecule has 1 N–H and O–H groups in total. The Morgan fingerprint density at radius 2 is 1.76 bits per heavy atom. The Kier molecular flexibility index (Phi) is 6.08. The second kappa shape index (κ2) is 8.22. The number of hydrogen-bond acceptors (Lipinski definition) is 9. The summed E-state index contributed by atoms with van der Waals surface area (Å²) in [5, 5.41) is 2.94. The smallest absolute Gasteiger partial charge is 0.303 e. The maximum Gasteiger partial charge on any atom is 0.303 e. The molecule has 3 aromatic rings. The highest BCUT2D eigenvalue weighted by atomic mass is 32.2. The number of anilines is 1. The van der Waals surface area contributed by atoms with Gasteiger partial charge in [0.1, 0.15) is 10.3 Å². The van der Waals surface area contributed by atoms with Crippen molar-refractivity contribution in [2.45, 2.75) is 34.0 Å². The van der Waals surface area contributed by atoms with Gasteiger partial charge in [-0.05, 0) is 25.1 Å². The maximum absolute atomic E-state index is 12.6. The fraction of sp³-hybridized carbons (Fsp3) is 0.176. The Balaban J connectivity index is 1.81. The van der Waals surface area contributed by atoms with Crippen molar-refractivity contribution in [3.63, 3.8) is 0 Å². The van der Waals surface area contributed by atoms with Crippen molar-refractivity contribution in [2.24, 2.45) is 0 Å². The minimum absolute atomic E-state index is 0.0822. The lowest BCUT2D eigenvalue weighted by molar-refractivity contribution is -0.145. The normalized spacial score (nSPS) is 13.0. The van der Waals surface area contributed by atoms with E-state index in [9.17, 15) is 21.6 Å². The van der Waals surface area contributed by atoms with Crippen molar-refractivity contribution in [3.05, 3.63) is 52.9 Å². The Morgan fingerprint density at radius 1 is 1.07 bits per heavy atom. The number of sulfonamides is 1. The van der Waals surface area contributed by atoms with E-state index in [1.54, 1.807) is 30.5 Å². The van der Waals surface area contributed by atoms with Crippen LogP contribution in [0.2, 0.25) is 0 Å². The molecule has 29 heavy (non-hydrogen) atoms. The minimum atomic E-state index is -4.03. The van der Waals surface area contributed by atoms with Crippen molar-refractivity contribution in [2.75, 3.05) is 4.72 Å². The number of hydrogen-bond donors (Lipinski definition) is 1. The third-order valence-electron chi connectivity index (χ3n) is 3.68.